The maximum Gasteiger partial charge on any atom is 0.316 e. The molecule has 14 nitrogen and oxygen atoms in total. The normalized spacial score (nSPS) is 15.2. The molecule has 5 amide bonds. The first-order valence-electron chi connectivity index (χ1n) is 14.5. The second-order valence-corrected chi connectivity index (χ2v) is 11.0. The number of amides is 5. The average Bonchev–Trinajstić information content (AvgIpc) is 2.96. The van der Waals surface area contributed by atoms with Crippen LogP contribution in [-0.4, -0.2) is 84.5 Å². The fourth-order valence-corrected chi connectivity index (χ4v) is 4.46. The largest absolute Gasteiger partial charge is 0.393 e. The number of hydrogen-bond acceptors (Lipinski definition) is 9. The highest BCUT2D eigenvalue weighted by atomic mass is 16.6. The monoisotopic (exact) mass is 604 g/mol. The molecule has 1 heterocycles. The average molecular weight is 605 g/mol. The van der Waals surface area contributed by atoms with Crippen LogP contribution in [0.3, 0.4) is 0 Å². The van der Waals surface area contributed by atoms with E-state index >= 15 is 0 Å². The minimum absolute atomic E-state index is 0.153. The summed E-state index contributed by atoms with van der Waals surface area (Å²) in [4.78, 5) is 76.5. The van der Waals surface area contributed by atoms with E-state index in [9.17, 15) is 33.9 Å². The molecule has 14 heteroatoms. The molecule has 2 rings (SSSR count). The summed E-state index contributed by atoms with van der Waals surface area (Å²) in [6, 6.07) is 3.76. The van der Waals surface area contributed by atoms with Gasteiger partial charge >= 0.3 is 18.0 Å². The molecular formula is C29H44N6O8. The molecule has 43 heavy (non-hydrogen) atoms. The summed E-state index contributed by atoms with van der Waals surface area (Å²) < 4.78 is 4.93. The van der Waals surface area contributed by atoms with Gasteiger partial charge in [-0.1, -0.05) is 26.0 Å². The smallest absolute Gasteiger partial charge is 0.316 e. The third-order valence-corrected chi connectivity index (χ3v) is 7.09. The van der Waals surface area contributed by atoms with Crippen LogP contribution in [-0.2, 0) is 35.3 Å². The lowest BCUT2D eigenvalue weighted by molar-refractivity contribution is -0.164. The van der Waals surface area contributed by atoms with Crippen LogP contribution in [0.4, 0.5) is 10.5 Å². The number of piperidine rings is 1. The van der Waals surface area contributed by atoms with Crippen molar-refractivity contribution in [2.24, 2.45) is 17.6 Å². The quantitative estimate of drug-likeness (QED) is 0.0927. The summed E-state index contributed by atoms with van der Waals surface area (Å²) >= 11 is 0. The van der Waals surface area contributed by atoms with Crippen LogP contribution in [0.2, 0.25) is 0 Å². The number of carbonyl (C=O) groups is 6. The van der Waals surface area contributed by atoms with Crippen LogP contribution in [0.5, 0.6) is 0 Å². The Bertz CT molecular complexity index is 1120. The van der Waals surface area contributed by atoms with Crippen LogP contribution in [0.1, 0.15) is 57.9 Å². The van der Waals surface area contributed by atoms with E-state index in [1.165, 1.54) is 0 Å². The van der Waals surface area contributed by atoms with Crippen LogP contribution in [0, 0.1) is 11.8 Å². The minimum atomic E-state index is -1.02. The number of benzene rings is 1. The van der Waals surface area contributed by atoms with Gasteiger partial charge in [-0.25, -0.2) is 4.79 Å². The van der Waals surface area contributed by atoms with Crippen molar-refractivity contribution < 1.29 is 38.6 Å². The summed E-state index contributed by atoms with van der Waals surface area (Å²) in [6.07, 6.45) is 1.06. The van der Waals surface area contributed by atoms with Crippen LogP contribution in [0.15, 0.2) is 24.3 Å². The maximum absolute atomic E-state index is 13.2. The molecule has 0 saturated carbocycles. The Kier molecular flexibility index (Phi) is 14.6. The standard InChI is InChI=1S/C29H44N6O8/c1-18(2)25(34-23(37)10-11-24(38)43-28(41)20-12-15-35(3)16-13-20)27(40)33-22(5-4-14-31-29(30)42)26(39)32-21-8-6-19(17-36)7-9-21/h6-9,18,20,22,25,36H,4-5,10-17H2,1-3H3,(H,32,39)(H,33,40)(H,34,37)(H3,30,31,42)/t22-,25-/m0/s1. The predicted molar refractivity (Wildman–Crippen MR) is 157 cm³/mol. The Morgan fingerprint density at radius 1 is 1.00 bits per heavy atom. The summed E-state index contributed by atoms with van der Waals surface area (Å²) in [5.74, 6) is -3.83. The zero-order valence-corrected chi connectivity index (χ0v) is 25.0. The second-order valence-electron chi connectivity index (χ2n) is 11.0. The van der Waals surface area contributed by atoms with Gasteiger partial charge in [0, 0.05) is 18.7 Å². The van der Waals surface area contributed by atoms with Gasteiger partial charge in [-0.05, 0) is 69.4 Å². The SMILES string of the molecule is CC(C)[C@H](NC(=O)CCC(=O)OC(=O)C1CCN(C)CC1)C(=O)N[C@@H](CCCNC(N)=O)C(=O)Nc1ccc(CO)cc1. The number of anilines is 1. The molecule has 0 radical (unpaired) electrons. The van der Waals surface area contributed by atoms with E-state index in [0.717, 1.165) is 13.1 Å². The highest BCUT2D eigenvalue weighted by Crippen LogP contribution is 2.18. The van der Waals surface area contributed by atoms with Crippen molar-refractivity contribution >= 4 is 41.4 Å². The predicted octanol–water partition coefficient (Wildman–Crippen LogP) is 0.383. The maximum atomic E-state index is 13.2. The number of hydrogen-bond donors (Lipinski definition) is 6. The summed E-state index contributed by atoms with van der Waals surface area (Å²) in [5, 5.41) is 19.7. The number of rotatable bonds is 15. The fourth-order valence-electron chi connectivity index (χ4n) is 4.46. The second kappa shape index (κ2) is 17.8. The zero-order chi connectivity index (χ0) is 31.9. The van der Waals surface area contributed by atoms with E-state index in [1.807, 2.05) is 7.05 Å². The van der Waals surface area contributed by atoms with Crippen LogP contribution < -0.4 is 27.0 Å². The molecule has 0 spiro atoms. The molecular weight excluding hydrogens is 560 g/mol. The van der Waals surface area contributed by atoms with Crippen LogP contribution in [0.25, 0.3) is 0 Å². The molecule has 0 aliphatic carbocycles. The van der Waals surface area contributed by atoms with E-state index in [0.29, 0.717) is 30.5 Å². The third kappa shape index (κ3) is 12.8. The molecule has 0 unspecified atom stereocenters. The Morgan fingerprint density at radius 3 is 2.23 bits per heavy atom. The van der Waals surface area contributed by atoms with Crippen molar-refractivity contribution in [2.45, 2.75) is 71.1 Å². The van der Waals surface area contributed by atoms with E-state index in [4.69, 9.17) is 10.5 Å². The molecule has 1 aliphatic rings. The highest BCUT2D eigenvalue weighted by molar-refractivity contribution is 5.98. The Morgan fingerprint density at radius 2 is 1.65 bits per heavy atom. The summed E-state index contributed by atoms with van der Waals surface area (Å²) in [7, 11) is 1.95. The van der Waals surface area contributed by atoms with E-state index in [2.05, 4.69) is 26.2 Å². The number of esters is 2. The highest BCUT2D eigenvalue weighted by Gasteiger charge is 2.30. The van der Waals surface area contributed by atoms with E-state index < -0.39 is 47.8 Å². The Hall–Kier alpha value is -4.04. The van der Waals surface area contributed by atoms with Gasteiger partial charge < -0.3 is 41.7 Å². The molecule has 0 aromatic heterocycles. The molecule has 1 fully saturated rings. The number of carbonyl (C=O) groups excluding carboxylic acids is 6. The number of urea groups is 1. The summed E-state index contributed by atoms with van der Waals surface area (Å²) in [6.45, 7) is 4.93. The first kappa shape index (κ1) is 35.2. The molecule has 0 bridgehead atoms. The lowest BCUT2D eigenvalue weighted by Crippen LogP contribution is -2.54. The topological polar surface area (TPSA) is 209 Å². The third-order valence-electron chi connectivity index (χ3n) is 7.09. The molecule has 1 aromatic rings. The van der Waals surface area contributed by atoms with E-state index in [-0.39, 0.29) is 44.2 Å². The van der Waals surface area contributed by atoms with Gasteiger partial charge in [-0.2, -0.15) is 0 Å². The number of ether oxygens (including phenoxy) is 1. The number of likely N-dealkylation sites (tertiary alicyclic amines) is 1. The first-order chi connectivity index (χ1) is 20.4. The van der Waals surface area contributed by atoms with Gasteiger partial charge in [0.2, 0.25) is 17.7 Å². The molecule has 1 saturated heterocycles. The van der Waals surface area contributed by atoms with Gasteiger partial charge in [0.15, 0.2) is 0 Å². The summed E-state index contributed by atoms with van der Waals surface area (Å²) in [5.41, 5.74) is 6.21. The molecule has 7 N–H and O–H groups in total. The number of aliphatic hydroxyl groups is 1. The van der Waals surface area contributed by atoms with Crippen molar-refractivity contribution in [3.8, 4) is 0 Å². The minimum Gasteiger partial charge on any atom is -0.393 e. The van der Waals surface area contributed by atoms with Crippen LogP contribution >= 0.6 is 0 Å². The van der Waals surface area contributed by atoms with Crippen molar-refractivity contribution in [1.82, 2.24) is 20.9 Å². The number of nitrogens with two attached hydrogens (primary N) is 1. The van der Waals surface area contributed by atoms with Gasteiger partial charge in [0.05, 0.1) is 18.9 Å². The van der Waals surface area contributed by atoms with Gasteiger partial charge in [0.25, 0.3) is 0 Å². The first-order valence-corrected chi connectivity index (χ1v) is 14.5. The van der Waals surface area contributed by atoms with Crippen molar-refractivity contribution in [3.63, 3.8) is 0 Å². The van der Waals surface area contributed by atoms with Crippen molar-refractivity contribution in [1.29, 1.82) is 0 Å². The lowest BCUT2D eigenvalue weighted by Gasteiger charge is -2.27. The number of aliphatic hydroxyl groups excluding tert-OH is 1. The van der Waals surface area contributed by atoms with Crippen molar-refractivity contribution in [3.05, 3.63) is 29.8 Å². The van der Waals surface area contributed by atoms with Gasteiger partial charge in [0.1, 0.15) is 12.1 Å². The Balaban J connectivity index is 1.95. The lowest BCUT2D eigenvalue weighted by atomic mass is 9.97. The van der Waals surface area contributed by atoms with Crippen molar-refractivity contribution in [2.75, 3.05) is 32.0 Å². The van der Waals surface area contributed by atoms with E-state index in [1.54, 1.807) is 38.1 Å². The number of primary amides is 1. The number of nitrogens with zero attached hydrogens (tertiary/aromatic N) is 1. The fraction of sp³-hybridized carbons (Fsp3) is 0.586. The molecule has 2 atom stereocenters. The van der Waals surface area contributed by atoms with Gasteiger partial charge in [-0.15, -0.1) is 0 Å². The Labute approximate surface area is 251 Å². The molecule has 1 aliphatic heterocycles. The molecule has 1 aromatic carbocycles. The molecule has 238 valence electrons. The number of nitrogens with one attached hydrogen (secondary N) is 4. The van der Waals surface area contributed by atoms with Gasteiger partial charge in [-0.3, -0.25) is 24.0 Å². The zero-order valence-electron chi connectivity index (χ0n) is 25.0.